The summed E-state index contributed by atoms with van der Waals surface area (Å²) in [5, 5.41) is 2.54. The lowest BCUT2D eigenvalue weighted by atomic mass is 10.3. The first-order chi connectivity index (χ1) is 11.9. The van der Waals surface area contributed by atoms with E-state index in [0.29, 0.717) is 22.9 Å². The van der Waals surface area contributed by atoms with Crippen LogP contribution in [0.5, 0.6) is 17.2 Å². The highest BCUT2D eigenvalue weighted by molar-refractivity contribution is 7.92. The van der Waals surface area contributed by atoms with Gasteiger partial charge < -0.3 is 19.5 Å². The zero-order valence-electron chi connectivity index (χ0n) is 13.5. The lowest BCUT2D eigenvalue weighted by Gasteiger charge is -2.13. The van der Waals surface area contributed by atoms with Gasteiger partial charge in [0.15, 0.2) is 11.5 Å². The second kappa shape index (κ2) is 6.52. The molecule has 2 N–H and O–H groups in total. The Morgan fingerprint density at radius 2 is 1.88 bits per heavy atom. The molecule has 8 nitrogen and oxygen atoms in total. The summed E-state index contributed by atoms with van der Waals surface area (Å²) in [5.41, 5.74) is 0.602. The van der Waals surface area contributed by atoms with E-state index in [1.54, 1.807) is 12.1 Å². The quantitative estimate of drug-likeness (QED) is 0.843. The number of carbonyl (C=O) groups is 1. The summed E-state index contributed by atoms with van der Waals surface area (Å²) in [6.45, 7) is 1.43. The third kappa shape index (κ3) is 3.61. The van der Waals surface area contributed by atoms with E-state index in [0.717, 1.165) is 0 Å². The van der Waals surface area contributed by atoms with Crippen molar-refractivity contribution in [3.05, 3.63) is 36.4 Å². The predicted octanol–water partition coefficient (Wildman–Crippen LogP) is 2.18. The van der Waals surface area contributed by atoms with Crippen LogP contribution in [0.3, 0.4) is 0 Å². The largest absolute Gasteiger partial charge is 0.495 e. The third-order valence-corrected chi connectivity index (χ3v) is 4.80. The van der Waals surface area contributed by atoms with Crippen molar-refractivity contribution in [1.82, 2.24) is 0 Å². The highest BCUT2D eigenvalue weighted by Crippen LogP contribution is 2.35. The van der Waals surface area contributed by atoms with E-state index in [4.69, 9.17) is 14.2 Å². The SMILES string of the molecule is COc1ccc(S(=O)(=O)Nc2ccc3c(c2)OCO3)cc1NC(C)=O. The van der Waals surface area contributed by atoms with Crippen LogP contribution < -0.4 is 24.2 Å². The molecule has 0 aliphatic carbocycles. The minimum absolute atomic E-state index is 0.0188. The molecule has 0 saturated heterocycles. The molecule has 1 heterocycles. The Balaban J connectivity index is 1.90. The van der Waals surface area contributed by atoms with Gasteiger partial charge in [0.2, 0.25) is 12.7 Å². The zero-order chi connectivity index (χ0) is 18.0. The second-order valence-corrected chi connectivity index (χ2v) is 6.90. The van der Waals surface area contributed by atoms with E-state index in [-0.39, 0.29) is 23.3 Å². The Hall–Kier alpha value is -2.94. The number of hydrogen-bond acceptors (Lipinski definition) is 6. The van der Waals surface area contributed by atoms with Crippen LogP contribution in [0.25, 0.3) is 0 Å². The molecule has 0 saturated carbocycles. The maximum atomic E-state index is 12.6. The van der Waals surface area contributed by atoms with E-state index in [1.165, 1.54) is 38.3 Å². The fraction of sp³-hybridized carbons (Fsp3) is 0.188. The fourth-order valence-electron chi connectivity index (χ4n) is 2.32. The third-order valence-electron chi connectivity index (χ3n) is 3.42. The number of amides is 1. The summed E-state index contributed by atoms with van der Waals surface area (Å²) in [5.74, 6) is 1.04. The average molecular weight is 364 g/mol. The van der Waals surface area contributed by atoms with Crippen molar-refractivity contribution in [1.29, 1.82) is 0 Å². The molecule has 1 aliphatic heterocycles. The van der Waals surface area contributed by atoms with E-state index >= 15 is 0 Å². The molecule has 0 radical (unpaired) electrons. The number of methoxy groups -OCH3 is 1. The first-order valence-corrected chi connectivity index (χ1v) is 8.75. The van der Waals surface area contributed by atoms with Gasteiger partial charge in [0, 0.05) is 13.0 Å². The Kier molecular flexibility index (Phi) is 4.41. The standard InChI is InChI=1S/C16H16N2O6S/c1-10(19)17-13-8-12(4-6-14(13)22-2)25(20,21)18-11-3-5-15-16(7-11)24-9-23-15/h3-8,18H,9H2,1-2H3,(H,17,19). The van der Waals surface area contributed by atoms with Crippen LogP contribution in [0.2, 0.25) is 0 Å². The van der Waals surface area contributed by atoms with Crippen molar-refractivity contribution in [3.63, 3.8) is 0 Å². The number of ether oxygens (including phenoxy) is 3. The summed E-state index contributed by atoms with van der Waals surface area (Å²) in [6, 6.07) is 8.92. The van der Waals surface area contributed by atoms with Crippen molar-refractivity contribution in [2.75, 3.05) is 23.9 Å². The molecule has 0 fully saturated rings. The molecule has 0 aromatic heterocycles. The number of hydrogen-bond donors (Lipinski definition) is 2. The number of anilines is 2. The Labute approximate surface area is 144 Å². The van der Waals surface area contributed by atoms with Crippen molar-refractivity contribution < 1.29 is 27.4 Å². The van der Waals surface area contributed by atoms with Crippen LogP contribution in [0.15, 0.2) is 41.3 Å². The number of fused-ring (bicyclic) bond motifs is 1. The molecule has 9 heteroatoms. The van der Waals surface area contributed by atoms with Crippen molar-refractivity contribution >= 4 is 27.3 Å². The normalized spacial score (nSPS) is 12.6. The smallest absolute Gasteiger partial charge is 0.261 e. The van der Waals surface area contributed by atoms with Crippen LogP contribution in [0.4, 0.5) is 11.4 Å². The van der Waals surface area contributed by atoms with E-state index in [2.05, 4.69) is 10.0 Å². The molecule has 132 valence electrons. The van der Waals surface area contributed by atoms with Gasteiger partial charge >= 0.3 is 0 Å². The van der Waals surface area contributed by atoms with Crippen molar-refractivity contribution in [3.8, 4) is 17.2 Å². The Morgan fingerprint density at radius 3 is 2.60 bits per heavy atom. The average Bonchev–Trinajstić information content (AvgIpc) is 3.01. The first kappa shape index (κ1) is 16.9. The molecular formula is C16H16N2O6S. The lowest BCUT2D eigenvalue weighted by molar-refractivity contribution is -0.114. The topological polar surface area (TPSA) is 103 Å². The van der Waals surface area contributed by atoms with Gasteiger partial charge in [0.1, 0.15) is 5.75 Å². The first-order valence-electron chi connectivity index (χ1n) is 7.27. The van der Waals surface area contributed by atoms with Gasteiger partial charge in [-0.15, -0.1) is 0 Å². The minimum atomic E-state index is -3.87. The van der Waals surface area contributed by atoms with Gasteiger partial charge in [-0.1, -0.05) is 0 Å². The van der Waals surface area contributed by atoms with Crippen LogP contribution >= 0.6 is 0 Å². The highest BCUT2D eigenvalue weighted by atomic mass is 32.2. The predicted molar refractivity (Wildman–Crippen MR) is 90.7 cm³/mol. The number of nitrogens with one attached hydrogen (secondary N) is 2. The Bertz CT molecular complexity index is 926. The van der Waals surface area contributed by atoms with Gasteiger partial charge in [0.05, 0.1) is 23.4 Å². The van der Waals surface area contributed by atoms with Crippen LogP contribution in [-0.2, 0) is 14.8 Å². The van der Waals surface area contributed by atoms with Crippen molar-refractivity contribution in [2.45, 2.75) is 11.8 Å². The van der Waals surface area contributed by atoms with Crippen LogP contribution in [0, 0.1) is 0 Å². The number of carbonyl (C=O) groups excluding carboxylic acids is 1. The Morgan fingerprint density at radius 1 is 1.12 bits per heavy atom. The summed E-state index contributed by atoms with van der Waals surface area (Å²) < 4.78 is 43.2. The molecule has 1 aliphatic rings. The summed E-state index contributed by atoms with van der Waals surface area (Å²) >= 11 is 0. The maximum Gasteiger partial charge on any atom is 0.261 e. The highest BCUT2D eigenvalue weighted by Gasteiger charge is 2.19. The van der Waals surface area contributed by atoms with E-state index in [9.17, 15) is 13.2 Å². The summed E-state index contributed by atoms with van der Waals surface area (Å²) in [7, 11) is -2.44. The molecule has 2 aromatic rings. The van der Waals surface area contributed by atoms with Crippen molar-refractivity contribution in [2.24, 2.45) is 0 Å². The molecule has 0 bridgehead atoms. The molecule has 25 heavy (non-hydrogen) atoms. The van der Waals surface area contributed by atoms with Gasteiger partial charge in [-0.05, 0) is 30.3 Å². The maximum absolute atomic E-state index is 12.6. The lowest BCUT2D eigenvalue weighted by Crippen LogP contribution is -2.14. The zero-order valence-corrected chi connectivity index (χ0v) is 14.3. The van der Waals surface area contributed by atoms with Crippen LogP contribution in [-0.4, -0.2) is 28.2 Å². The number of benzene rings is 2. The summed E-state index contributed by atoms with van der Waals surface area (Å²) in [4.78, 5) is 11.3. The van der Waals surface area contributed by atoms with Gasteiger partial charge in [-0.2, -0.15) is 0 Å². The second-order valence-electron chi connectivity index (χ2n) is 5.22. The monoisotopic (exact) mass is 364 g/mol. The fourth-order valence-corrected chi connectivity index (χ4v) is 3.39. The number of sulfonamides is 1. The molecular weight excluding hydrogens is 348 g/mol. The molecule has 2 aromatic carbocycles. The van der Waals surface area contributed by atoms with Gasteiger partial charge in [-0.25, -0.2) is 8.42 Å². The molecule has 1 amide bonds. The molecule has 0 atom stereocenters. The molecule has 0 spiro atoms. The minimum Gasteiger partial charge on any atom is -0.495 e. The van der Waals surface area contributed by atoms with Gasteiger partial charge in [-0.3, -0.25) is 9.52 Å². The number of rotatable bonds is 5. The molecule has 3 rings (SSSR count). The van der Waals surface area contributed by atoms with Crippen LogP contribution in [0.1, 0.15) is 6.92 Å². The molecule has 0 unspecified atom stereocenters. The summed E-state index contributed by atoms with van der Waals surface area (Å²) in [6.07, 6.45) is 0. The van der Waals surface area contributed by atoms with Gasteiger partial charge in [0.25, 0.3) is 10.0 Å². The van der Waals surface area contributed by atoms with E-state index in [1.807, 2.05) is 0 Å². The van der Waals surface area contributed by atoms with E-state index < -0.39 is 10.0 Å².